The smallest absolute Gasteiger partial charge is 0.321 e. The molecule has 0 bridgehead atoms. The lowest BCUT2D eigenvalue weighted by molar-refractivity contribution is -0.143. The van der Waals surface area contributed by atoms with Crippen LogP contribution in [-0.2, 0) is 26.2 Å². The van der Waals surface area contributed by atoms with Gasteiger partial charge in [0.2, 0.25) is 10.0 Å². The van der Waals surface area contributed by atoms with Crippen LogP contribution in [0.4, 0.5) is 0 Å². The van der Waals surface area contributed by atoms with Gasteiger partial charge in [-0.15, -0.1) is 0 Å². The van der Waals surface area contributed by atoms with E-state index in [0.29, 0.717) is 22.4 Å². The highest BCUT2D eigenvalue weighted by Crippen LogP contribution is 2.21. The first-order chi connectivity index (χ1) is 13.3. The fourth-order valence-corrected chi connectivity index (χ4v) is 3.01. The van der Waals surface area contributed by atoms with E-state index in [9.17, 15) is 18.0 Å². The lowest BCUT2D eigenvalue weighted by atomic mass is 10.1. The molecular formula is C20H21NO6S. The third kappa shape index (κ3) is 6.64. The van der Waals surface area contributed by atoms with Crippen molar-refractivity contribution in [3.05, 3.63) is 70.6 Å². The number of nitrogens with one attached hydrogen (secondary N) is 1. The van der Waals surface area contributed by atoms with Crippen molar-refractivity contribution in [1.82, 2.24) is 4.72 Å². The molecule has 148 valence electrons. The highest BCUT2D eigenvalue weighted by molar-refractivity contribution is 7.92. The molecule has 0 radical (unpaired) electrons. The van der Waals surface area contributed by atoms with Crippen molar-refractivity contribution in [3.63, 3.8) is 0 Å². The zero-order valence-corrected chi connectivity index (χ0v) is 16.4. The molecule has 2 aromatic carbocycles. The fraction of sp³-hybridized carbons (Fsp3) is 0.200. The Morgan fingerprint density at radius 3 is 2.46 bits per heavy atom. The van der Waals surface area contributed by atoms with Crippen LogP contribution in [0.5, 0.6) is 5.75 Å². The number of ketones is 1. The summed E-state index contributed by atoms with van der Waals surface area (Å²) in [7, 11) is -2.33. The van der Waals surface area contributed by atoms with E-state index in [1.54, 1.807) is 42.5 Å². The Labute approximate surface area is 164 Å². The number of methoxy groups -OCH3 is 1. The van der Waals surface area contributed by atoms with Gasteiger partial charge in [0.1, 0.15) is 18.9 Å². The second-order valence-electron chi connectivity index (χ2n) is 5.82. The van der Waals surface area contributed by atoms with E-state index in [-0.39, 0.29) is 12.4 Å². The first-order valence-electron chi connectivity index (χ1n) is 8.37. The van der Waals surface area contributed by atoms with Crippen molar-refractivity contribution in [1.29, 1.82) is 0 Å². The van der Waals surface area contributed by atoms with Gasteiger partial charge in [0.25, 0.3) is 0 Å². The maximum Gasteiger partial charge on any atom is 0.321 e. The number of esters is 1. The van der Waals surface area contributed by atoms with Gasteiger partial charge in [-0.25, -0.2) is 13.1 Å². The minimum absolute atomic E-state index is 0.131. The highest BCUT2D eigenvalue weighted by atomic mass is 32.2. The van der Waals surface area contributed by atoms with Crippen molar-refractivity contribution in [2.45, 2.75) is 13.5 Å². The van der Waals surface area contributed by atoms with Gasteiger partial charge in [-0.2, -0.15) is 0 Å². The number of hydrogen-bond donors (Lipinski definition) is 1. The molecule has 0 spiro atoms. The lowest BCUT2D eigenvalue weighted by Crippen LogP contribution is -2.29. The second-order valence-corrected chi connectivity index (χ2v) is 7.47. The van der Waals surface area contributed by atoms with Crippen molar-refractivity contribution in [2.24, 2.45) is 0 Å². The van der Waals surface area contributed by atoms with Crippen LogP contribution in [0.1, 0.15) is 28.4 Å². The molecule has 0 amide bonds. The molecule has 7 nitrogen and oxygen atoms in total. The summed E-state index contributed by atoms with van der Waals surface area (Å²) in [5.41, 5.74) is 1.68. The highest BCUT2D eigenvalue weighted by Gasteiger charge is 2.13. The van der Waals surface area contributed by atoms with Gasteiger partial charge < -0.3 is 9.47 Å². The van der Waals surface area contributed by atoms with Crippen molar-refractivity contribution >= 4 is 27.9 Å². The Morgan fingerprint density at radius 2 is 1.82 bits per heavy atom. The average molecular weight is 403 g/mol. The first kappa shape index (κ1) is 21.3. The summed E-state index contributed by atoms with van der Waals surface area (Å²) in [4.78, 5) is 23.4. The van der Waals surface area contributed by atoms with Gasteiger partial charge in [0.15, 0.2) is 5.78 Å². The van der Waals surface area contributed by atoms with Gasteiger partial charge in [-0.3, -0.25) is 9.59 Å². The van der Waals surface area contributed by atoms with Gasteiger partial charge in [0.05, 0.1) is 7.11 Å². The normalized spacial score (nSPS) is 11.4. The topological polar surface area (TPSA) is 98.8 Å². The quantitative estimate of drug-likeness (QED) is 0.510. The molecule has 2 aromatic rings. The SMILES string of the molecule is COc1ccc(C(C)=O)cc1COC(=O)CNS(=O)(=O)/C=C/c1ccccc1. The zero-order valence-electron chi connectivity index (χ0n) is 15.5. The molecule has 0 aliphatic carbocycles. The van der Waals surface area contributed by atoms with Crippen molar-refractivity contribution in [2.75, 3.05) is 13.7 Å². The summed E-state index contributed by atoms with van der Waals surface area (Å²) < 4.78 is 36.3. The van der Waals surface area contributed by atoms with Gasteiger partial charge in [-0.05, 0) is 36.8 Å². The molecule has 28 heavy (non-hydrogen) atoms. The van der Waals surface area contributed by atoms with E-state index in [4.69, 9.17) is 9.47 Å². The van der Waals surface area contributed by atoms with Crippen LogP contribution in [0.15, 0.2) is 53.9 Å². The van der Waals surface area contributed by atoms with E-state index in [2.05, 4.69) is 4.72 Å². The number of carbonyl (C=O) groups excluding carboxylic acids is 2. The Balaban J connectivity index is 1.91. The molecule has 0 aromatic heterocycles. The number of hydrogen-bond acceptors (Lipinski definition) is 6. The van der Waals surface area contributed by atoms with E-state index in [1.807, 2.05) is 6.07 Å². The first-order valence-corrected chi connectivity index (χ1v) is 9.91. The number of carbonyl (C=O) groups is 2. The number of benzene rings is 2. The van der Waals surface area contributed by atoms with Gasteiger partial charge >= 0.3 is 5.97 Å². The standard InChI is InChI=1S/C20H21NO6S/c1-15(22)17-8-9-19(26-2)18(12-17)14-27-20(23)13-21-28(24,25)11-10-16-6-4-3-5-7-16/h3-12,21H,13-14H2,1-2H3/b11-10+. The minimum Gasteiger partial charge on any atom is -0.496 e. The lowest BCUT2D eigenvalue weighted by Gasteiger charge is -2.11. The third-order valence-electron chi connectivity index (χ3n) is 3.73. The van der Waals surface area contributed by atoms with Crippen LogP contribution in [0, 0.1) is 0 Å². The molecule has 0 heterocycles. The van der Waals surface area contributed by atoms with Crippen LogP contribution in [-0.4, -0.2) is 33.8 Å². The molecule has 0 aliphatic heterocycles. The van der Waals surface area contributed by atoms with Crippen LogP contribution in [0.25, 0.3) is 6.08 Å². The van der Waals surface area contributed by atoms with Crippen LogP contribution in [0.3, 0.4) is 0 Å². The molecule has 0 unspecified atom stereocenters. The molecule has 0 saturated carbocycles. The van der Waals surface area contributed by atoms with Gasteiger partial charge in [-0.1, -0.05) is 30.3 Å². The molecule has 0 saturated heterocycles. The largest absolute Gasteiger partial charge is 0.496 e. The number of ether oxygens (including phenoxy) is 2. The molecule has 2 rings (SSSR count). The van der Waals surface area contributed by atoms with Gasteiger partial charge in [0, 0.05) is 16.5 Å². The zero-order chi connectivity index (χ0) is 20.6. The molecule has 0 atom stereocenters. The van der Waals surface area contributed by atoms with Crippen LogP contribution in [0.2, 0.25) is 0 Å². The van der Waals surface area contributed by atoms with E-state index in [0.717, 1.165) is 5.41 Å². The van der Waals surface area contributed by atoms with E-state index >= 15 is 0 Å². The van der Waals surface area contributed by atoms with Crippen molar-refractivity contribution in [3.8, 4) is 5.75 Å². The minimum atomic E-state index is -3.79. The Hall–Kier alpha value is -2.97. The second kappa shape index (κ2) is 9.82. The van der Waals surface area contributed by atoms with Crippen molar-refractivity contribution < 1.29 is 27.5 Å². The Kier molecular flexibility index (Phi) is 7.48. The van der Waals surface area contributed by atoms with Crippen LogP contribution < -0.4 is 9.46 Å². The number of rotatable bonds is 9. The van der Waals surface area contributed by atoms with Crippen LogP contribution >= 0.6 is 0 Å². The number of Topliss-reactive ketones (excluding diaryl/α,β-unsaturated/α-hetero) is 1. The summed E-state index contributed by atoms with van der Waals surface area (Å²) in [6.45, 7) is 0.760. The summed E-state index contributed by atoms with van der Waals surface area (Å²) in [6, 6.07) is 13.7. The molecule has 0 aliphatic rings. The predicted molar refractivity (Wildman–Crippen MR) is 105 cm³/mol. The molecular weight excluding hydrogens is 382 g/mol. The maximum absolute atomic E-state index is 11.9. The van der Waals surface area contributed by atoms with E-state index in [1.165, 1.54) is 20.1 Å². The maximum atomic E-state index is 11.9. The Morgan fingerprint density at radius 1 is 1.11 bits per heavy atom. The predicted octanol–water partition coefficient (Wildman–Crippen LogP) is 2.53. The average Bonchev–Trinajstić information content (AvgIpc) is 2.70. The summed E-state index contributed by atoms with van der Waals surface area (Å²) in [5, 5.41) is 0.981. The molecule has 8 heteroatoms. The Bertz CT molecular complexity index is 967. The summed E-state index contributed by atoms with van der Waals surface area (Å²) in [5.74, 6) is -0.427. The monoisotopic (exact) mass is 403 g/mol. The fourth-order valence-electron chi connectivity index (χ4n) is 2.26. The molecule has 1 N–H and O–H groups in total. The summed E-state index contributed by atoms with van der Waals surface area (Å²) >= 11 is 0. The van der Waals surface area contributed by atoms with E-state index < -0.39 is 22.5 Å². The summed E-state index contributed by atoms with van der Waals surface area (Å²) in [6.07, 6.45) is 1.42. The number of sulfonamides is 1. The third-order valence-corrected chi connectivity index (χ3v) is 4.77. The molecule has 0 fully saturated rings.